The number of pyridine rings is 1. The Morgan fingerprint density at radius 3 is 2.58 bits per heavy atom. The van der Waals surface area contributed by atoms with E-state index in [1.54, 1.807) is 19.1 Å². The maximum absolute atomic E-state index is 11.3. The molecule has 0 aliphatic heterocycles. The highest BCUT2D eigenvalue weighted by atomic mass is 16.5. The fraction of sp³-hybridized carbons (Fsp3) is 0.200. The minimum atomic E-state index is -1.03. The van der Waals surface area contributed by atoms with Crippen molar-refractivity contribution in [2.75, 3.05) is 0 Å². The van der Waals surface area contributed by atoms with E-state index in [1.165, 1.54) is 0 Å². The lowest BCUT2D eigenvalue weighted by Gasteiger charge is -2.11. The third-order valence-electron chi connectivity index (χ3n) is 2.73. The van der Waals surface area contributed by atoms with E-state index in [9.17, 15) is 9.90 Å². The summed E-state index contributed by atoms with van der Waals surface area (Å²) in [6, 6.07) is 9.14. The van der Waals surface area contributed by atoms with Gasteiger partial charge in [0, 0.05) is 5.69 Å². The Bertz CT molecular complexity index is 635. The van der Waals surface area contributed by atoms with Gasteiger partial charge in [-0.05, 0) is 50.1 Å². The van der Waals surface area contributed by atoms with Crippen molar-refractivity contribution in [3.05, 3.63) is 52.7 Å². The molecule has 2 aromatic rings. The molecule has 4 nitrogen and oxygen atoms in total. The highest BCUT2D eigenvalue weighted by molar-refractivity contribution is 5.92. The first-order valence-electron chi connectivity index (χ1n) is 5.93. The van der Waals surface area contributed by atoms with Crippen molar-refractivity contribution in [2.45, 2.75) is 20.8 Å². The van der Waals surface area contributed by atoms with Gasteiger partial charge in [-0.1, -0.05) is 12.1 Å². The normalized spacial score (nSPS) is 10.3. The van der Waals surface area contributed by atoms with Crippen LogP contribution in [0.25, 0.3) is 0 Å². The van der Waals surface area contributed by atoms with E-state index in [4.69, 9.17) is 4.74 Å². The van der Waals surface area contributed by atoms with Crippen LogP contribution in [-0.2, 0) is 0 Å². The molecule has 0 unspecified atom stereocenters. The fourth-order valence-corrected chi connectivity index (χ4v) is 1.93. The molecular weight excluding hydrogens is 242 g/mol. The highest BCUT2D eigenvalue weighted by Crippen LogP contribution is 2.26. The molecule has 0 aliphatic carbocycles. The Morgan fingerprint density at radius 1 is 1.21 bits per heavy atom. The minimum Gasteiger partial charge on any atom is -0.477 e. The van der Waals surface area contributed by atoms with Crippen molar-refractivity contribution in [1.29, 1.82) is 0 Å². The van der Waals surface area contributed by atoms with E-state index in [0.717, 1.165) is 11.3 Å². The van der Waals surface area contributed by atoms with Crippen LogP contribution in [0.2, 0.25) is 0 Å². The number of aromatic carboxylic acids is 1. The Balaban J connectivity index is 2.47. The van der Waals surface area contributed by atoms with Gasteiger partial charge in [0.2, 0.25) is 5.88 Å². The van der Waals surface area contributed by atoms with Crippen molar-refractivity contribution in [1.82, 2.24) is 4.98 Å². The lowest BCUT2D eigenvalue weighted by molar-refractivity contribution is 0.0692. The van der Waals surface area contributed by atoms with Crippen LogP contribution in [0.1, 0.15) is 27.2 Å². The number of nitrogens with zero attached hydrogens (tertiary/aromatic N) is 1. The van der Waals surface area contributed by atoms with Crippen molar-refractivity contribution >= 4 is 5.97 Å². The molecule has 0 fully saturated rings. The molecule has 0 saturated heterocycles. The van der Waals surface area contributed by atoms with Gasteiger partial charge in [-0.15, -0.1) is 0 Å². The van der Waals surface area contributed by atoms with Gasteiger partial charge in [-0.2, -0.15) is 0 Å². The van der Waals surface area contributed by atoms with Crippen LogP contribution in [0.3, 0.4) is 0 Å². The quantitative estimate of drug-likeness (QED) is 0.914. The average Bonchev–Trinajstić information content (AvgIpc) is 2.26. The van der Waals surface area contributed by atoms with Gasteiger partial charge in [-0.25, -0.2) is 9.78 Å². The second-order valence-electron chi connectivity index (χ2n) is 4.48. The molecular formula is C15H15NO3. The smallest absolute Gasteiger partial charge is 0.341 e. The van der Waals surface area contributed by atoms with Crippen LogP contribution in [0.5, 0.6) is 11.6 Å². The summed E-state index contributed by atoms with van der Waals surface area (Å²) >= 11 is 0. The highest BCUT2D eigenvalue weighted by Gasteiger charge is 2.17. The number of ether oxygens (including phenoxy) is 1. The van der Waals surface area contributed by atoms with E-state index in [2.05, 4.69) is 4.98 Å². The number of hydrogen-bond donors (Lipinski definition) is 1. The first-order chi connectivity index (χ1) is 8.97. The van der Waals surface area contributed by atoms with Crippen LogP contribution in [-0.4, -0.2) is 16.1 Å². The zero-order chi connectivity index (χ0) is 14.0. The van der Waals surface area contributed by atoms with E-state index >= 15 is 0 Å². The molecule has 0 spiro atoms. The summed E-state index contributed by atoms with van der Waals surface area (Å²) in [6.45, 7) is 5.49. The lowest BCUT2D eigenvalue weighted by atomic mass is 10.1. The van der Waals surface area contributed by atoms with E-state index in [1.807, 2.05) is 32.0 Å². The third kappa shape index (κ3) is 2.91. The van der Waals surface area contributed by atoms with Gasteiger partial charge in [0.25, 0.3) is 0 Å². The SMILES string of the molecule is Cc1cccc(Oc2nc(C)cc(C)c2C(=O)O)c1. The summed E-state index contributed by atoms with van der Waals surface area (Å²) in [5.41, 5.74) is 2.51. The summed E-state index contributed by atoms with van der Waals surface area (Å²) in [6.07, 6.45) is 0. The van der Waals surface area contributed by atoms with Crippen LogP contribution in [0, 0.1) is 20.8 Å². The average molecular weight is 257 g/mol. The van der Waals surface area contributed by atoms with Gasteiger partial charge >= 0.3 is 5.97 Å². The maximum Gasteiger partial charge on any atom is 0.341 e. The summed E-state index contributed by atoms with van der Waals surface area (Å²) in [7, 11) is 0. The van der Waals surface area contributed by atoms with E-state index < -0.39 is 5.97 Å². The van der Waals surface area contributed by atoms with Gasteiger partial charge < -0.3 is 9.84 Å². The van der Waals surface area contributed by atoms with Crippen LogP contribution in [0.15, 0.2) is 30.3 Å². The van der Waals surface area contributed by atoms with Crippen molar-refractivity contribution in [3.8, 4) is 11.6 Å². The Morgan fingerprint density at radius 2 is 1.95 bits per heavy atom. The maximum atomic E-state index is 11.3. The molecule has 1 aromatic heterocycles. The molecule has 0 atom stereocenters. The molecule has 0 amide bonds. The number of carboxylic acids is 1. The largest absolute Gasteiger partial charge is 0.477 e. The minimum absolute atomic E-state index is 0.104. The van der Waals surface area contributed by atoms with E-state index in [-0.39, 0.29) is 11.4 Å². The molecule has 0 aliphatic rings. The zero-order valence-electron chi connectivity index (χ0n) is 11.1. The standard InChI is InChI=1S/C15H15NO3/c1-9-5-4-6-12(7-9)19-14-13(15(17)18)10(2)8-11(3)16-14/h4-8H,1-3H3,(H,17,18). The molecule has 1 heterocycles. The Hall–Kier alpha value is -2.36. The number of aryl methyl sites for hydroxylation is 3. The van der Waals surface area contributed by atoms with Crippen molar-refractivity contribution < 1.29 is 14.6 Å². The van der Waals surface area contributed by atoms with Crippen molar-refractivity contribution in [2.24, 2.45) is 0 Å². The summed E-state index contributed by atoms with van der Waals surface area (Å²) < 4.78 is 5.62. The molecule has 0 saturated carbocycles. The number of aromatic nitrogens is 1. The second-order valence-corrected chi connectivity index (χ2v) is 4.48. The second kappa shape index (κ2) is 5.10. The third-order valence-corrected chi connectivity index (χ3v) is 2.73. The van der Waals surface area contributed by atoms with Gasteiger partial charge in [-0.3, -0.25) is 0 Å². The number of rotatable bonds is 3. The number of hydrogen-bond acceptors (Lipinski definition) is 3. The fourth-order valence-electron chi connectivity index (χ4n) is 1.93. The predicted molar refractivity (Wildman–Crippen MR) is 71.9 cm³/mol. The zero-order valence-corrected chi connectivity index (χ0v) is 11.1. The van der Waals surface area contributed by atoms with Crippen LogP contribution >= 0.6 is 0 Å². The van der Waals surface area contributed by atoms with Crippen molar-refractivity contribution in [3.63, 3.8) is 0 Å². The molecule has 19 heavy (non-hydrogen) atoms. The van der Waals surface area contributed by atoms with Gasteiger partial charge in [0.05, 0.1) is 0 Å². The molecule has 2 rings (SSSR count). The van der Waals surface area contributed by atoms with Crippen LogP contribution in [0.4, 0.5) is 0 Å². The Kier molecular flexibility index (Phi) is 3.51. The summed E-state index contributed by atoms with van der Waals surface area (Å²) in [5, 5.41) is 9.25. The first-order valence-corrected chi connectivity index (χ1v) is 5.93. The summed E-state index contributed by atoms with van der Waals surface area (Å²) in [4.78, 5) is 15.5. The van der Waals surface area contributed by atoms with Gasteiger partial charge in [0.15, 0.2) is 0 Å². The Labute approximate surface area is 111 Å². The topological polar surface area (TPSA) is 59.4 Å². The lowest BCUT2D eigenvalue weighted by Crippen LogP contribution is -2.06. The molecule has 1 aromatic carbocycles. The summed E-state index contributed by atoms with van der Waals surface area (Å²) in [5.74, 6) is -0.316. The number of carboxylic acid groups (broad SMARTS) is 1. The van der Waals surface area contributed by atoms with Gasteiger partial charge in [0.1, 0.15) is 11.3 Å². The molecule has 0 radical (unpaired) electrons. The molecule has 98 valence electrons. The number of carbonyl (C=O) groups is 1. The number of benzene rings is 1. The molecule has 0 bridgehead atoms. The monoisotopic (exact) mass is 257 g/mol. The van der Waals surface area contributed by atoms with Crippen LogP contribution < -0.4 is 4.74 Å². The first kappa shape index (κ1) is 13.1. The van der Waals surface area contributed by atoms with E-state index in [0.29, 0.717) is 11.3 Å². The molecule has 4 heteroatoms. The molecule has 1 N–H and O–H groups in total. The predicted octanol–water partition coefficient (Wildman–Crippen LogP) is 3.50.